The van der Waals surface area contributed by atoms with Crippen LogP contribution in [-0.2, 0) is 4.74 Å². The summed E-state index contributed by atoms with van der Waals surface area (Å²) in [5.74, 6) is -0.286. The zero-order chi connectivity index (χ0) is 15.5. The summed E-state index contributed by atoms with van der Waals surface area (Å²) >= 11 is 0. The van der Waals surface area contributed by atoms with Gasteiger partial charge in [0.25, 0.3) is 5.88 Å². The number of carbonyl (C=O) groups excluding carboxylic acids is 1. The van der Waals surface area contributed by atoms with Gasteiger partial charge in [0.05, 0.1) is 12.2 Å². The quantitative estimate of drug-likeness (QED) is 0.781. The van der Waals surface area contributed by atoms with Crippen LogP contribution >= 0.6 is 0 Å². The molecule has 1 aromatic carbocycles. The second-order valence-corrected chi connectivity index (χ2v) is 5.18. The van der Waals surface area contributed by atoms with Crippen molar-refractivity contribution < 1.29 is 18.7 Å². The minimum atomic E-state index is -0.697. The number of rotatable bonds is 5. The van der Waals surface area contributed by atoms with Crippen LogP contribution in [0.2, 0.25) is 0 Å². The zero-order valence-electron chi connectivity index (χ0n) is 12.2. The van der Waals surface area contributed by atoms with Crippen LogP contribution in [0.3, 0.4) is 0 Å². The number of hydrogen-bond acceptors (Lipinski definition) is 4. The van der Waals surface area contributed by atoms with Gasteiger partial charge in [-0.05, 0) is 49.4 Å². The summed E-state index contributed by atoms with van der Waals surface area (Å²) in [6.45, 7) is 1.91. The molecule has 0 N–H and O–H groups in total. The van der Waals surface area contributed by atoms with Gasteiger partial charge in [-0.25, -0.2) is 14.2 Å². The number of ether oxygens (including phenoxy) is 2. The number of hydrogen-bond donors (Lipinski definition) is 0. The lowest BCUT2D eigenvalue weighted by Gasteiger charge is -2.08. The Morgan fingerprint density at radius 3 is 2.64 bits per heavy atom. The lowest BCUT2D eigenvalue weighted by atomic mass is 10.1. The monoisotopic (exact) mass is 301 g/mol. The molecule has 0 radical (unpaired) electrons. The van der Waals surface area contributed by atoms with Crippen LogP contribution < -0.4 is 4.74 Å². The molecule has 1 fully saturated rings. The highest BCUT2D eigenvalue weighted by Crippen LogP contribution is 2.40. The molecule has 3 rings (SSSR count). The molecule has 0 spiro atoms. The van der Waals surface area contributed by atoms with Crippen LogP contribution in [0.5, 0.6) is 11.6 Å². The molecule has 0 bridgehead atoms. The summed E-state index contributed by atoms with van der Waals surface area (Å²) in [7, 11) is 0. The SMILES string of the molecule is CCOC(=O)c1cnc(Oc2ccc(C3CC3)cc2)c(F)c1. The van der Waals surface area contributed by atoms with E-state index in [1.165, 1.54) is 24.6 Å². The van der Waals surface area contributed by atoms with Crippen molar-refractivity contribution in [1.29, 1.82) is 0 Å². The molecule has 0 aliphatic heterocycles. The van der Waals surface area contributed by atoms with Crippen LogP contribution in [-0.4, -0.2) is 17.6 Å². The number of nitrogens with zero attached hydrogens (tertiary/aromatic N) is 1. The Hall–Kier alpha value is -2.43. The predicted octanol–water partition coefficient (Wildman–Crippen LogP) is 4.07. The van der Waals surface area contributed by atoms with E-state index >= 15 is 0 Å². The van der Waals surface area contributed by atoms with Gasteiger partial charge in [-0.1, -0.05) is 12.1 Å². The van der Waals surface area contributed by atoms with Crippen LogP contribution in [0.4, 0.5) is 4.39 Å². The van der Waals surface area contributed by atoms with Crippen molar-refractivity contribution in [2.75, 3.05) is 6.61 Å². The molecule has 0 unspecified atom stereocenters. The van der Waals surface area contributed by atoms with E-state index in [2.05, 4.69) is 4.98 Å². The Bertz CT molecular complexity index is 681. The third-order valence-electron chi connectivity index (χ3n) is 3.46. The predicted molar refractivity (Wildman–Crippen MR) is 78.6 cm³/mol. The van der Waals surface area contributed by atoms with Gasteiger partial charge in [0.1, 0.15) is 5.75 Å². The van der Waals surface area contributed by atoms with Gasteiger partial charge in [0.2, 0.25) is 0 Å². The average molecular weight is 301 g/mol. The topological polar surface area (TPSA) is 48.4 Å². The Morgan fingerprint density at radius 1 is 1.32 bits per heavy atom. The van der Waals surface area contributed by atoms with E-state index in [-0.39, 0.29) is 18.1 Å². The second kappa shape index (κ2) is 6.13. The molecule has 22 heavy (non-hydrogen) atoms. The largest absolute Gasteiger partial charge is 0.462 e. The van der Waals surface area contributed by atoms with Crippen molar-refractivity contribution in [3.05, 3.63) is 53.5 Å². The van der Waals surface area contributed by atoms with E-state index in [0.29, 0.717) is 11.7 Å². The highest BCUT2D eigenvalue weighted by Gasteiger charge is 2.23. The van der Waals surface area contributed by atoms with Crippen molar-refractivity contribution in [1.82, 2.24) is 4.98 Å². The first kappa shape index (κ1) is 14.5. The number of halogens is 1. The average Bonchev–Trinajstić information content (AvgIpc) is 3.35. The first-order chi connectivity index (χ1) is 10.7. The second-order valence-electron chi connectivity index (χ2n) is 5.18. The molecule has 1 saturated carbocycles. The minimum Gasteiger partial charge on any atom is -0.462 e. The number of aromatic nitrogens is 1. The van der Waals surface area contributed by atoms with Crippen LogP contribution in [0.15, 0.2) is 36.5 Å². The summed E-state index contributed by atoms with van der Waals surface area (Å²) in [5.41, 5.74) is 1.34. The maximum atomic E-state index is 14.0. The first-order valence-electron chi connectivity index (χ1n) is 7.28. The zero-order valence-corrected chi connectivity index (χ0v) is 12.2. The molecule has 1 aromatic heterocycles. The van der Waals surface area contributed by atoms with Gasteiger partial charge < -0.3 is 9.47 Å². The van der Waals surface area contributed by atoms with E-state index in [0.717, 1.165) is 6.07 Å². The summed E-state index contributed by atoms with van der Waals surface area (Å²) in [4.78, 5) is 15.4. The fourth-order valence-corrected chi connectivity index (χ4v) is 2.16. The molecule has 5 heteroatoms. The third kappa shape index (κ3) is 3.24. The lowest BCUT2D eigenvalue weighted by Crippen LogP contribution is -2.06. The number of pyridine rings is 1. The molecule has 0 atom stereocenters. The molecule has 4 nitrogen and oxygen atoms in total. The van der Waals surface area contributed by atoms with Gasteiger partial charge in [0, 0.05) is 6.20 Å². The van der Waals surface area contributed by atoms with Crippen LogP contribution in [0.1, 0.15) is 41.6 Å². The van der Waals surface area contributed by atoms with Gasteiger partial charge in [-0.15, -0.1) is 0 Å². The summed E-state index contributed by atoms with van der Waals surface area (Å²) in [6, 6.07) is 8.64. The maximum Gasteiger partial charge on any atom is 0.339 e. The molecule has 114 valence electrons. The Morgan fingerprint density at radius 2 is 2.05 bits per heavy atom. The van der Waals surface area contributed by atoms with E-state index in [4.69, 9.17) is 9.47 Å². The summed E-state index contributed by atoms with van der Waals surface area (Å²) in [5, 5.41) is 0. The van der Waals surface area contributed by atoms with Crippen LogP contribution in [0.25, 0.3) is 0 Å². The lowest BCUT2D eigenvalue weighted by molar-refractivity contribution is 0.0525. The van der Waals surface area contributed by atoms with Gasteiger partial charge in [0.15, 0.2) is 5.82 Å². The van der Waals surface area contributed by atoms with Crippen molar-refractivity contribution in [3.8, 4) is 11.6 Å². The Balaban J connectivity index is 1.72. The molecule has 1 aliphatic rings. The molecular weight excluding hydrogens is 285 g/mol. The van der Waals surface area contributed by atoms with Crippen molar-refractivity contribution >= 4 is 5.97 Å². The minimum absolute atomic E-state index is 0.0655. The van der Waals surface area contributed by atoms with Gasteiger partial charge in [-0.3, -0.25) is 0 Å². The highest BCUT2D eigenvalue weighted by molar-refractivity contribution is 5.89. The summed E-state index contributed by atoms with van der Waals surface area (Å²) in [6.07, 6.45) is 3.70. The number of esters is 1. The van der Waals surface area contributed by atoms with E-state index in [1.54, 1.807) is 19.1 Å². The molecule has 2 aromatic rings. The fourth-order valence-electron chi connectivity index (χ4n) is 2.16. The van der Waals surface area contributed by atoms with Crippen LogP contribution in [0, 0.1) is 5.82 Å². The van der Waals surface area contributed by atoms with Crippen molar-refractivity contribution in [2.24, 2.45) is 0 Å². The first-order valence-corrected chi connectivity index (χ1v) is 7.28. The van der Waals surface area contributed by atoms with E-state index < -0.39 is 11.8 Å². The fraction of sp³-hybridized carbons (Fsp3) is 0.294. The van der Waals surface area contributed by atoms with Gasteiger partial charge in [-0.2, -0.15) is 0 Å². The molecular formula is C17H16FNO3. The number of carbonyl (C=O) groups is 1. The Kier molecular flexibility index (Phi) is 4.04. The molecule has 0 saturated heterocycles. The molecule has 1 aliphatic carbocycles. The highest BCUT2D eigenvalue weighted by atomic mass is 19.1. The molecule has 0 amide bonds. The van der Waals surface area contributed by atoms with E-state index in [1.807, 2.05) is 12.1 Å². The maximum absolute atomic E-state index is 14.0. The molecule has 1 heterocycles. The van der Waals surface area contributed by atoms with E-state index in [9.17, 15) is 9.18 Å². The van der Waals surface area contributed by atoms with Gasteiger partial charge >= 0.3 is 5.97 Å². The smallest absolute Gasteiger partial charge is 0.339 e. The summed E-state index contributed by atoms with van der Waals surface area (Å²) < 4.78 is 24.2. The Labute approximate surface area is 127 Å². The van der Waals surface area contributed by atoms with Crippen molar-refractivity contribution in [2.45, 2.75) is 25.7 Å². The standard InChI is InChI=1S/C17H16FNO3/c1-2-21-17(20)13-9-15(18)16(19-10-13)22-14-7-5-12(6-8-14)11-3-4-11/h5-11H,2-4H2,1H3. The third-order valence-corrected chi connectivity index (χ3v) is 3.46. The normalized spacial score (nSPS) is 13.7. The van der Waals surface area contributed by atoms with Crippen molar-refractivity contribution in [3.63, 3.8) is 0 Å². The number of benzene rings is 1.